The van der Waals surface area contributed by atoms with Crippen molar-refractivity contribution in [3.8, 4) is 5.75 Å². The molecular weight excluding hydrogens is 302 g/mol. The first-order chi connectivity index (χ1) is 11.7. The molecule has 1 N–H and O–H groups in total. The maximum atomic E-state index is 9.54. The smallest absolute Gasteiger partial charge is 0.125 e. The molecule has 1 aromatic carbocycles. The van der Waals surface area contributed by atoms with Gasteiger partial charge in [-0.1, -0.05) is 6.07 Å². The second-order valence-corrected chi connectivity index (χ2v) is 6.75. The standard InChI is InChI=1S/C19H23N3O2/c1-12-20-9-16-17(21-12)8-15-4-5-18(16)22(15)10-13-3-6-19(24-2)14(7-13)11-23/h3,6-7,9,15,18,23H,4-5,8,10-11H2,1-2H3/t15-,18-/m0/s1. The quantitative estimate of drug-likeness (QED) is 0.936. The van der Waals surface area contributed by atoms with E-state index in [9.17, 15) is 5.11 Å². The molecule has 0 saturated carbocycles. The Bertz CT molecular complexity index is 762. The fraction of sp³-hybridized carbons (Fsp3) is 0.474. The Kier molecular flexibility index (Phi) is 3.98. The summed E-state index contributed by atoms with van der Waals surface area (Å²) < 4.78 is 5.30. The molecule has 24 heavy (non-hydrogen) atoms. The Hall–Kier alpha value is -1.98. The SMILES string of the molecule is COc1ccc(CN2[C@H]3CC[C@H]2c2cnc(C)nc2C3)cc1CO. The van der Waals surface area contributed by atoms with Crippen molar-refractivity contribution in [2.45, 2.75) is 51.4 Å². The highest BCUT2D eigenvalue weighted by atomic mass is 16.5. The summed E-state index contributed by atoms with van der Waals surface area (Å²) in [4.78, 5) is 11.6. The van der Waals surface area contributed by atoms with E-state index in [1.807, 2.05) is 19.2 Å². The average Bonchev–Trinajstić information content (AvgIpc) is 2.87. The highest BCUT2D eigenvalue weighted by Gasteiger charge is 2.40. The summed E-state index contributed by atoms with van der Waals surface area (Å²) in [6.45, 7) is 2.85. The first-order valence-corrected chi connectivity index (χ1v) is 8.54. The van der Waals surface area contributed by atoms with Crippen LogP contribution in [0.3, 0.4) is 0 Å². The van der Waals surface area contributed by atoms with Crippen LogP contribution in [0.1, 0.15) is 47.1 Å². The van der Waals surface area contributed by atoms with E-state index in [4.69, 9.17) is 4.74 Å². The molecule has 126 valence electrons. The van der Waals surface area contributed by atoms with E-state index >= 15 is 0 Å². The van der Waals surface area contributed by atoms with Crippen LogP contribution in [0.2, 0.25) is 0 Å². The van der Waals surface area contributed by atoms with Crippen LogP contribution in [0.25, 0.3) is 0 Å². The molecule has 1 fully saturated rings. The molecule has 5 heteroatoms. The van der Waals surface area contributed by atoms with Crippen LogP contribution in [0.15, 0.2) is 24.4 Å². The second-order valence-electron chi connectivity index (χ2n) is 6.75. The minimum Gasteiger partial charge on any atom is -0.496 e. The van der Waals surface area contributed by atoms with Gasteiger partial charge in [0, 0.05) is 42.4 Å². The molecule has 0 unspecified atom stereocenters. The van der Waals surface area contributed by atoms with E-state index in [2.05, 4.69) is 27.0 Å². The number of ether oxygens (including phenoxy) is 1. The number of nitrogens with zero attached hydrogens (tertiary/aromatic N) is 3. The normalized spacial score (nSPS) is 22.5. The number of hydrogen-bond acceptors (Lipinski definition) is 5. The van der Waals surface area contributed by atoms with Crippen LogP contribution in [-0.4, -0.2) is 33.1 Å². The van der Waals surface area contributed by atoms with Crippen molar-refractivity contribution < 1.29 is 9.84 Å². The van der Waals surface area contributed by atoms with Gasteiger partial charge in [-0.25, -0.2) is 9.97 Å². The molecule has 2 aliphatic heterocycles. The fourth-order valence-electron chi connectivity index (χ4n) is 4.19. The zero-order chi connectivity index (χ0) is 16.7. The topological polar surface area (TPSA) is 58.5 Å². The van der Waals surface area contributed by atoms with Gasteiger partial charge in [0.25, 0.3) is 0 Å². The van der Waals surface area contributed by atoms with Crippen LogP contribution in [0, 0.1) is 6.92 Å². The van der Waals surface area contributed by atoms with Crippen molar-refractivity contribution in [1.29, 1.82) is 0 Å². The van der Waals surface area contributed by atoms with Gasteiger partial charge in [0.15, 0.2) is 0 Å². The lowest BCUT2D eigenvalue weighted by molar-refractivity contribution is 0.166. The zero-order valence-corrected chi connectivity index (χ0v) is 14.2. The molecule has 2 aliphatic rings. The van der Waals surface area contributed by atoms with Gasteiger partial charge in [-0.15, -0.1) is 0 Å². The van der Waals surface area contributed by atoms with Crippen molar-refractivity contribution in [2.24, 2.45) is 0 Å². The van der Waals surface area contributed by atoms with Crippen molar-refractivity contribution in [1.82, 2.24) is 14.9 Å². The molecule has 2 aromatic rings. The summed E-state index contributed by atoms with van der Waals surface area (Å²) >= 11 is 0. The van der Waals surface area contributed by atoms with Gasteiger partial charge in [-0.05, 0) is 37.5 Å². The van der Waals surface area contributed by atoms with Crippen LogP contribution < -0.4 is 4.74 Å². The van der Waals surface area contributed by atoms with Crippen LogP contribution in [0.4, 0.5) is 0 Å². The lowest BCUT2D eigenvalue weighted by Crippen LogP contribution is -2.37. The molecule has 0 radical (unpaired) electrons. The number of aryl methyl sites for hydroxylation is 1. The van der Waals surface area contributed by atoms with E-state index in [1.165, 1.54) is 29.7 Å². The summed E-state index contributed by atoms with van der Waals surface area (Å²) in [7, 11) is 1.64. The number of hydrogen-bond donors (Lipinski definition) is 1. The van der Waals surface area contributed by atoms with Gasteiger partial charge in [0.2, 0.25) is 0 Å². The van der Waals surface area contributed by atoms with Gasteiger partial charge in [0.05, 0.1) is 19.4 Å². The van der Waals surface area contributed by atoms with Crippen molar-refractivity contribution in [3.05, 3.63) is 52.6 Å². The summed E-state index contributed by atoms with van der Waals surface area (Å²) in [5.74, 6) is 1.61. The lowest BCUT2D eigenvalue weighted by Gasteiger charge is -2.35. The van der Waals surface area contributed by atoms with E-state index in [-0.39, 0.29) is 6.61 Å². The summed E-state index contributed by atoms with van der Waals surface area (Å²) in [6, 6.07) is 7.07. The first-order valence-electron chi connectivity index (χ1n) is 8.54. The molecule has 0 spiro atoms. The van der Waals surface area contributed by atoms with Crippen molar-refractivity contribution in [2.75, 3.05) is 7.11 Å². The van der Waals surface area contributed by atoms with Gasteiger partial charge < -0.3 is 9.84 Å². The third-order valence-corrected chi connectivity index (χ3v) is 5.33. The minimum atomic E-state index is -0.000178. The fourth-order valence-corrected chi connectivity index (χ4v) is 4.19. The number of rotatable bonds is 4. The molecule has 0 amide bonds. The monoisotopic (exact) mass is 325 g/mol. The molecule has 1 saturated heterocycles. The summed E-state index contributed by atoms with van der Waals surface area (Å²) in [5.41, 5.74) is 4.59. The van der Waals surface area contributed by atoms with E-state index in [0.29, 0.717) is 12.1 Å². The molecular formula is C19H23N3O2. The Labute approximate surface area is 142 Å². The van der Waals surface area contributed by atoms with Gasteiger partial charge >= 0.3 is 0 Å². The van der Waals surface area contributed by atoms with E-state index < -0.39 is 0 Å². The third-order valence-electron chi connectivity index (χ3n) is 5.33. The Morgan fingerprint density at radius 1 is 1.33 bits per heavy atom. The molecule has 0 aliphatic carbocycles. The molecule has 3 heterocycles. The number of benzene rings is 1. The van der Waals surface area contributed by atoms with Gasteiger partial charge in [0.1, 0.15) is 11.6 Å². The Balaban J connectivity index is 1.61. The van der Waals surface area contributed by atoms with Gasteiger partial charge in [-0.3, -0.25) is 4.90 Å². The first kappa shape index (κ1) is 15.5. The van der Waals surface area contributed by atoms with Crippen LogP contribution in [0.5, 0.6) is 5.75 Å². The highest BCUT2D eigenvalue weighted by molar-refractivity contribution is 5.37. The minimum absolute atomic E-state index is 0.000178. The third kappa shape index (κ3) is 2.58. The van der Waals surface area contributed by atoms with Crippen molar-refractivity contribution >= 4 is 0 Å². The molecule has 2 bridgehead atoms. The average molecular weight is 325 g/mol. The Morgan fingerprint density at radius 3 is 3.00 bits per heavy atom. The largest absolute Gasteiger partial charge is 0.496 e. The maximum Gasteiger partial charge on any atom is 0.125 e. The number of fused-ring (bicyclic) bond motifs is 4. The van der Waals surface area contributed by atoms with Crippen LogP contribution >= 0.6 is 0 Å². The maximum absolute atomic E-state index is 9.54. The highest BCUT2D eigenvalue weighted by Crippen LogP contribution is 2.43. The number of aliphatic hydroxyl groups is 1. The molecule has 4 rings (SSSR count). The molecule has 2 atom stereocenters. The van der Waals surface area contributed by atoms with E-state index in [0.717, 1.165) is 30.1 Å². The predicted octanol–water partition coefficient (Wildman–Crippen LogP) is 2.55. The number of methoxy groups -OCH3 is 1. The second kappa shape index (κ2) is 6.15. The summed E-state index contributed by atoms with van der Waals surface area (Å²) in [6.07, 6.45) is 5.42. The molecule has 1 aromatic heterocycles. The predicted molar refractivity (Wildman–Crippen MR) is 90.7 cm³/mol. The number of aliphatic hydroxyl groups excluding tert-OH is 1. The van der Waals surface area contributed by atoms with Crippen LogP contribution in [-0.2, 0) is 19.6 Å². The number of aromatic nitrogens is 2. The van der Waals surface area contributed by atoms with Gasteiger partial charge in [-0.2, -0.15) is 0 Å². The van der Waals surface area contributed by atoms with Crippen molar-refractivity contribution in [3.63, 3.8) is 0 Å². The van der Waals surface area contributed by atoms with E-state index in [1.54, 1.807) is 7.11 Å². The summed E-state index contributed by atoms with van der Waals surface area (Å²) in [5, 5.41) is 9.54. The lowest BCUT2D eigenvalue weighted by atomic mass is 9.98. The Morgan fingerprint density at radius 2 is 2.21 bits per heavy atom. The zero-order valence-electron chi connectivity index (χ0n) is 14.2. The molecule has 5 nitrogen and oxygen atoms in total.